The molecule has 1 atom stereocenters. The largest absolute Gasteiger partial charge is 0.467 e. The summed E-state index contributed by atoms with van der Waals surface area (Å²) in [6, 6.07) is 3.61. The quantitative estimate of drug-likeness (QED) is 0.292. The lowest BCUT2D eigenvalue weighted by molar-refractivity contribution is -0.704. The van der Waals surface area contributed by atoms with Crippen molar-refractivity contribution in [2.75, 3.05) is 13.7 Å². The van der Waals surface area contributed by atoms with Crippen LogP contribution in [0.5, 0.6) is 0 Å². The second kappa shape index (κ2) is 14.3. The third-order valence-electron chi connectivity index (χ3n) is 4.65. The Bertz CT molecular complexity index is 731. The minimum atomic E-state index is -0.713. The molecule has 1 rings (SSSR count). The lowest BCUT2D eigenvalue weighted by Crippen LogP contribution is -2.45. The highest BCUT2D eigenvalue weighted by Gasteiger charge is 2.21. The number of aromatic nitrogens is 1. The highest BCUT2D eigenvalue weighted by molar-refractivity contribution is 5.87. The van der Waals surface area contributed by atoms with Gasteiger partial charge in [-0.3, -0.25) is 9.59 Å². The maximum atomic E-state index is 12.0. The molecule has 7 nitrogen and oxygen atoms in total. The summed E-state index contributed by atoms with van der Waals surface area (Å²) in [5.41, 5.74) is 2.47. The van der Waals surface area contributed by atoms with Crippen LogP contribution in [0.1, 0.15) is 64.1 Å². The average Bonchev–Trinajstić information content (AvgIpc) is 2.73. The van der Waals surface area contributed by atoms with Gasteiger partial charge >= 0.3 is 5.97 Å². The number of unbranched alkanes of at least 4 members (excludes halogenated alkanes) is 1. The van der Waals surface area contributed by atoms with Crippen LogP contribution in [0.4, 0.5) is 0 Å². The molecule has 2 amide bonds. The number of aryl methyl sites for hydroxylation is 2. The second-order valence-electron chi connectivity index (χ2n) is 7.26. The number of methoxy groups -OCH3 is 1. The molecule has 166 valence electrons. The summed E-state index contributed by atoms with van der Waals surface area (Å²) in [6.07, 6.45) is 11.6. The summed E-state index contributed by atoms with van der Waals surface area (Å²) in [7, 11) is 1.30. The Balaban J connectivity index is 2.66. The SMILES string of the molecule is CC/C=C/c1ccc(CCC)[n+](CCCC[C@H](NC(=O)CNC(C)=O)C(=O)OC)c1. The minimum absolute atomic E-state index is 0.156. The molecule has 0 radical (unpaired) electrons. The van der Waals surface area contributed by atoms with Gasteiger partial charge in [0.15, 0.2) is 11.9 Å². The molecule has 0 aliphatic rings. The van der Waals surface area contributed by atoms with Crippen molar-refractivity contribution < 1.29 is 23.7 Å². The van der Waals surface area contributed by atoms with Crippen LogP contribution in [-0.2, 0) is 32.1 Å². The van der Waals surface area contributed by atoms with E-state index in [0.717, 1.165) is 38.6 Å². The van der Waals surface area contributed by atoms with Gasteiger partial charge in [-0.15, -0.1) is 0 Å². The number of ether oxygens (including phenoxy) is 1. The van der Waals surface area contributed by atoms with Crippen LogP contribution in [0.15, 0.2) is 24.4 Å². The number of hydrogen-bond donors (Lipinski definition) is 2. The minimum Gasteiger partial charge on any atom is -0.467 e. The predicted octanol–water partition coefficient (Wildman–Crippen LogP) is 2.31. The molecular formula is C23H36N3O4+. The molecule has 0 saturated carbocycles. The van der Waals surface area contributed by atoms with E-state index in [1.165, 1.54) is 25.3 Å². The van der Waals surface area contributed by atoms with Gasteiger partial charge in [-0.1, -0.05) is 26.0 Å². The van der Waals surface area contributed by atoms with E-state index in [2.05, 4.69) is 59.5 Å². The van der Waals surface area contributed by atoms with Crippen LogP contribution in [0, 0.1) is 0 Å². The summed E-state index contributed by atoms with van der Waals surface area (Å²) >= 11 is 0. The number of hydrogen-bond acceptors (Lipinski definition) is 4. The van der Waals surface area contributed by atoms with E-state index in [1.54, 1.807) is 0 Å². The number of rotatable bonds is 13. The van der Waals surface area contributed by atoms with E-state index < -0.39 is 17.9 Å². The van der Waals surface area contributed by atoms with Gasteiger partial charge in [-0.25, -0.2) is 9.36 Å². The topological polar surface area (TPSA) is 88.4 Å². The Morgan fingerprint density at radius 3 is 2.60 bits per heavy atom. The highest BCUT2D eigenvalue weighted by atomic mass is 16.5. The summed E-state index contributed by atoms with van der Waals surface area (Å²) < 4.78 is 7.08. The molecule has 1 aromatic heterocycles. The summed E-state index contributed by atoms with van der Waals surface area (Å²) in [5.74, 6) is -1.18. The van der Waals surface area contributed by atoms with Gasteiger partial charge in [-0.2, -0.15) is 0 Å². The third kappa shape index (κ3) is 9.67. The number of esters is 1. The monoisotopic (exact) mass is 418 g/mol. The molecule has 1 heterocycles. The molecule has 0 saturated heterocycles. The average molecular weight is 419 g/mol. The van der Waals surface area contributed by atoms with Gasteiger partial charge in [0.25, 0.3) is 0 Å². The zero-order valence-electron chi connectivity index (χ0n) is 18.7. The molecule has 0 fully saturated rings. The second-order valence-corrected chi connectivity index (χ2v) is 7.26. The fraction of sp³-hybridized carbons (Fsp3) is 0.565. The molecule has 1 aromatic rings. The van der Waals surface area contributed by atoms with Crippen molar-refractivity contribution >= 4 is 23.9 Å². The van der Waals surface area contributed by atoms with Gasteiger partial charge in [-0.05, 0) is 31.7 Å². The molecule has 7 heteroatoms. The number of allylic oxidation sites excluding steroid dienone is 1. The molecule has 0 aromatic carbocycles. The smallest absolute Gasteiger partial charge is 0.328 e. The number of amides is 2. The van der Waals surface area contributed by atoms with Crippen LogP contribution in [0.2, 0.25) is 0 Å². The number of carbonyl (C=O) groups excluding carboxylic acids is 3. The first-order valence-corrected chi connectivity index (χ1v) is 10.7. The lowest BCUT2D eigenvalue weighted by Gasteiger charge is -2.16. The van der Waals surface area contributed by atoms with Crippen LogP contribution in [-0.4, -0.2) is 37.5 Å². The van der Waals surface area contributed by atoms with Crippen LogP contribution in [0.3, 0.4) is 0 Å². The van der Waals surface area contributed by atoms with Gasteiger partial charge in [0.1, 0.15) is 12.6 Å². The van der Waals surface area contributed by atoms with E-state index in [4.69, 9.17) is 4.74 Å². The first-order chi connectivity index (χ1) is 14.4. The van der Waals surface area contributed by atoms with Gasteiger partial charge < -0.3 is 15.4 Å². The number of carbonyl (C=O) groups is 3. The number of pyridine rings is 1. The summed E-state index contributed by atoms with van der Waals surface area (Å²) in [5, 5.41) is 5.06. The zero-order chi connectivity index (χ0) is 22.4. The number of nitrogens with one attached hydrogen (secondary N) is 2. The van der Waals surface area contributed by atoms with E-state index in [9.17, 15) is 14.4 Å². The van der Waals surface area contributed by atoms with Crippen LogP contribution >= 0.6 is 0 Å². The Morgan fingerprint density at radius 2 is 1.97 bits per heavy atom. The van der Waals surface area contributed by atoms with Crippen molar-refractivity contribution in [1.29, 1.82) is 0 Å². The van der Waals surface area contributed by atoms with Crippen molar-refractivity contribution in [3.05, 3.63) is 35.7 Å². The van der Waals surface area contributed by atoms with Crippen LogP contribution in [0.25, 0.3) is 6.08 Å². The Kier molecular flexibility index (Phi) is 12.1. The molecule has 30 heavy (non-hydrogen) atoms. The Hall–Kier alpha value is -2.70. The van der Waals surface area contributed by atoms with Crippen molar-refractivity contribution in [3.63, 3.8) is 0 Å². The molecule has 0 bridgehead atoms. The fourth-order valence-corrected chi connectivity index (χ4v) is 3.11. The standard InChI is InChI=1S/C23H35N3O4/c1-5-7-11-19-13-14-20(10-6-2)26(17-19)15-9-8-12-21(23(29)30-4)25-22(28)16-24-18(3)27/h7,11,13-14,17,21H,5-6,8-10,12,15-16H2,1-4H3,(H-,24,25,27,28)/p+1/b11-7+/t21-/m0/s1. The van der Waals surface area contributed by atoms with Crippen molar-refractivity contribution in [1.82, 2.24) is 10.6 Å². The maximum absolute atomic E-state index is 12.0. The first kappa shape index (κ1) is 25.3. The molecule has 0 unspecified atom stereocenters. The molecule has 0 aliphatic heterocycles. The first-order valence-electron chi connectivity index (χ1n) is 10.7. The van der Waals surface area contributed by atoms with E-state index >= 15 is 0 Å². The van der Waals surface area contributed by atoms with Crippen molar-refractivity contribution in [3.8, 4) is 0 Å². The summed E-state index contributed by atoms with van der Waals surface area (Å²) in [6.45, 7) is 6.30. The van der Waals surface area contributed by atoms with E-state index in [1.807, 2.05) is 0 Å². The molecule has 2 N–H and O–H groups in total. The summed E-state index contributed by atoms with van der Waals surface area (Å²) in [4.78, 5) is 34.9. The van der Waals surface area contributed by atoms with Gasteiger partial charge in [0, 0.05) is 31.4 Å². The van der Waals surface area contributed by atoms with Gasteiger partial charge in [0.05, 0.1) is 13.7 Å². The lowest BCUT2D eigenvalue weighted by atomic mass is 10.1. The predicted molar refractivity (Wildman–Crippen MR) is 116 cm³/mol. The molecule has 0 spiro atoms. The van der Waals surface area contributed by atoms with E-state index in [-0.39, 0.29) is 12.5 Å². The highest BCUT2D eigenvalue weighted by Crippen LogP contribution is 2.07. The molecular weight excluding hydrogens is 382 g/mol. The van der Waals surface area contributed by atoms with Crippen molar-refractivity contribution in [2.45, 2.75) is 71.9 Å². The van der Waals surface area contributed by atoms with Gasteiger partial charge in [0.2, 0.25) is 11.8 Å². The molecule has 0 aliphatic carbocycles. The van der Waals surface area contributed by atoms with Crippen LogP contribution < -0.4 is 15.2 Å². The third-order valence-corrected chi connectivity index (χ3v) is 4.65. The fourth-order valence-electron chi connectivity index (χ4n) is 3.11. The Morgan fingerprint density at radius 1 is 1.20 bits per heavy atom. The number of nitrogens with zero attached hydrogens (tertiary/aromatic N) is 1. The van der Waals surface area contributed by atoms with Crippen molar-refractivity contribution in [2.24, 2.45) is 0 Å². The van der Waals surface area contributed by atoms with E-state index in [0.29, 0.717) is 6.42 Å². The Labute approximate surface area is 179 Å². The zero-order valence-corrected chi connectivity index (χ0v) is 18.7. The normalized spacial score (nSPS) is 11.9. The maximum Gasteiger partial charge on any atom is 0.328 e.